The Hall–Kier alpha value is -2.48. The first-order valence-electron chi connectivity index (χ1n) is 6.34. The maximum Gasteiger partial charge on any atom is 0.318 e. The molecule has 1 aromatic rings. The molecule has 1 rings (SSSR count). The van der Waals surface area contributed by atoms with E-state index in [4.69, 9.17) is 11.5 Å². The zero-order valence-electron chi connectivity index (χ0n) is 11.4. The summed E-state index contributed by atoms with van der Waals surface area (Å²) in [5.74, 6) is 1.43. The Morgan fingerprint density at radius 2 is 2.05 bits per heavy atom. The molecule has 1 atom stereocenters. The van der Waals surface area contributed by atoms with Crippen LogP contribution in [0.15, 0.2) is 30.3 Å². The number of nitrogens with one attached hydrogen (secondary N) is 1. The number of benzene rings is 1. The van der Waals surface area contributed by atoms with Crippen LogP contribution in [0.25, 0.3) is 0 Å². The van der Waals surface area contributed by atoms with Crippen LogP contribution in [0.5, 0.6) is 0 Å². The molecular formula is C15H18N2O3. The maximum atomic E-state index is 12.1. The molecule has 0 fully saturated rings. The van der Waals surface area contributed by atoms with E-state index in [1.807, 2.05) is 13.0 Å². The quantitative estimate of drug-likeness (QED) is 0.778. The van der Waals surface area contributed by atoms with Crippen molar-refractivity contribution in [3.8, 4) is 12.3 Å². The average Bonchev–Trinajstić information content (AvgIpc) is 2.44. The average molecular weight is 274 g/mol. The fourth-order valence-electron chi connectivity index (χ4n) is 1.79. The van der Waals surface area contributed by atoms with E-state index in [1.165, 1.54) is 4.90 Å². The van der Waals surface area contributed by atoms with E-state index in [0.717, 1.165) is 5.56 Å². The Bertz CT molecular complexity index is 494. The summed E-state index contributed by atoms with van der Waals surface area (Å²) in [5.41, 5.74) is 0.750. The van der Waals surface area contributed by atoms with E-state index >= 15 is 0 Å². The van der Waals surface area contributed by atoms with Crippen LogP contribution in [-0.4, -0.2) is 35.1 Å². The number of aliphatic carboxylic acids is 1. The van der Waals surface area contributed by atoms with Crippen molar-refractivity contribution in [3.05, 3.63) is 35.9 Å². The van der Waals surface area contributed by atoms with Crippen molar-refractivity contribution in [2.75, 3.05) is 13.1 Å². The van der Waals surface area contributed by atoms with Gasteiger partial charge in [-0.15, -0.1) is 6.42 Å². The number of carboxylic acid groups (broad SMARTS) is 1. The van der Waals surface area contributed by atoms with Gasteiger partial charge in [0.2, 0.25) is 0 Å². The molecule has 0 bridgehead atoms. The van der Waals surface area contributed by atoms with E-state index in [0.29, 0.717) is 6.54 Å². The zero-order chi connectivity index (χ0) is 15.0. The Balaban J connectivity index is 2.83. The molecule has 2 N–H and O–H groups in total. The van der Waals surface area contributed by atoms with E-state index in [9.17, 15) is 9.59 Å². The van der Waals surface area contributed by atoms with Crippen LogP contribution >= 0.6 is 0 Å². The first-order valence-corrected chi connectivity index (χ1v) is 6.34. The lowest BCUT2D eigenvalue weighted by atomic mass is 10.0. The SMILES string of the molecule is C#CCN(CC)C(=O)NC(CC(=O)O)c1ccccc1. The molecular weight excluding hydrogens is 256 g/mol. The first kappa shape index (κ1) is 15.6. The monoisotopic (exact) mass is 274 g/mol. The Morgan fingerprint density at radius 3 is 2.55 bits per heavy atom. The number of urea groups is 1. The van der Waals surface area contributed by atoms with E-state index in [2.05, 4.69) is 11.2 Å². The largest absolute Gasteiger partial charge is 0.481 e. The van der Waals surface area contributed by atoms with Gasteiger partial charge in [-0.1, -0.05) is 36.3 Å². The summed E-state index contributed by atoms with van der Waals surface area (Å²) in [6.45, 7) is 2.47. The number of rotatable bonds is 6. The van der Waals surface area contributed by atoms with Crippen LogP contribution in [0, 0.1) is 12.3 Å². The number of hydrogen-bond donors (Lipinski definition) is 2. The Kier molecular flexibility index (Phi) is 6.11. The summed E-state index contributed by atoms with van der Waals surface area (Å²) in [6, 6.07) is 8.06. The minimum atomic E-state index is -0.973. The summed E-state index contributed by atoms with van der Waals surface area (Å²) in [6.07, 6.45) is 5.02. The van der Waals surface area contributed by atoms with Crippen LogP contribution in [0.4, 0.5) is 4.79 Å². The topological polar surface area (TPSA) is 69.6 Å². The highest BCUT2D eigenvalue weighted by Gasteiger charge is 2.20. The summed E-state index contributed by atoms with van der Waals surface area (Å²) in [4.78, 5) is 24.4. The summed E-state index contributed by atoms with van der Waals surface area (Å²) in [7, 11) is 0. The van der Waals surface area contributed by atoms with E-state index in [1.54, 1.807) is 24.3 Å². The van der Waals surface area contributed by atoms with Gasteiger partial charge in [-0.3, -0.25) is 4.79 Å². The number of carboxylic acids is 1. The van der Waals surface area contributed by atoms with Gasteiger partial charge in [0.05, 0.1) is 19.0 Å². The number of hydrogen-bond acceptors (Lipinski definition) is 2. The van der Waals surface area contributed by atoms with Crippen LogP contribution in [0.3, 0.4) is 0 Å². The van der Waals surface area contributed by atoms with Crippen LogP contribution < -0.4 is 5.32 Å². The third-order valence-corrected chi connectivity index (χ3v) is 2.83. The van der Waals surface area contributed by atoms with Gasteiger partial charge >= 0.3 is 12.0 Å². The van der Waals surface area contributed by atoms with Gasteiger partial charge in [0.1, 0.15) is 0 Å². The van der Waals surface area contributed by atoms with Gasteiger partial charge in [0, 0.05) is 6.54 Å². The lowest BCUT2D eigenvalue weighted by molar-refractivity contribution is -0.137. The van der Waals surface area contributed by atoms with E-state index in [-0.39, 0.29) is 19.0 Å². The Labute approximate surface area is 118 Å². The predicted octanol–water partition coefficient (Wildman–Crippen LogP) is 1.87. The molecule has 5 heteroatoms. The van der Waals surface area contributed by atoms with Gasteiger partial charge in [-0.25, -0.2) is 4.79 Å². The molecule has 0 aliphatic heterocycles. The minimum Gasteiger partial charge on any atom is -0.481 e. The summed E-state index contributed by atoms with van der Waals surface area (Å²) < 4.78 is 0. The molecule has 0 aliphatic carbocycles. The first-order chi connectivity index (χ1) is 9.58. The predicted molar refractivity (Wildman–Crippen MR) is 76.0 cm³/mol. The third kappa shape index (κ3) is 4.65. The standard InChI is InChI=1S/C15H18N2O3/c1-3-10-17(4-2)15(20)16-13(11-14(18)19)12-8-6-5-7-9-12/h1,5-9,13H,4,10-11H2,2H3,(H,16,20)(H,18,19). The van der Waals surface area contributed by atoms with Gasteiger partial charge in [-0.05, 0) is 12.5 Å². The highest BCUT2D eigenvalue weighted by Crippen LogP contribution is 2.16. The van der Waals surface area contributed by atoms with Crippen molar-refractivity contribution < 1.29 is 14.7 Å². The molecule has 20 heavy (non-hydrogen) atoms. The molecule has 2 amide bonds. The highest BCUT2D eigenvalue weighted by molar-refractivity contribution is 5.76. The van der Waals surface area contributed by atoms with Gasteiger partial charge in [0.15, 0.2) is 0 Å². The smallest absolute Gasteiger partial charge is 0.318 e. The minimum absolute atomic E-state index is 0.177. The van der Waals surface area contributed by atoms with Crippen molar-refractivity contribution in [1.29, 1.82) is 0 Å². The van der Waals surface area contributed by atoms with Crippen molar-refractivity contribution in [2.24, 2.45) is 0 Å². The molecule has 0 saturated carbocycles. The normalized spacial score (nSPS) is 11.2. The number of carbonyl (C=O) groups excluding carboxylic acids is 1. The maximum absolute atomic E-state index is 12.1. The lowest BCUT2D eigenvalue weighted by Gasteiger charge is -2.23. The molecule has 0 heterocycles. The summed E-state index contributed by atoms with van der Waals surface area (Å²) >= 11 is 0. The van der Waals surface area contributed by atoms with Crippen LogP contribution in [0.1, 0.15) is 24.9 Å². The second-order valence-electron chi connectivity index (χ2n) is 4.23. The van der Waals surface area contributed by atoms with Gasteiger partial charge < -0.3 is 15.3 Å². The Morgan fingerprint density at radius 1 is 1.40 bits per heavy atom. The van der Waals surface area contributed by atoms with E-state index < -0.39 is 12.0 Å². The molecule has 0 radical (unpaired) electrons. The number of nitrogens with zero attached hydrogens (tertiary/aromatic N) is 1. The van der Waals surface area contributed by atoms with Gasteiger partial charge in [-0.2, -0.15) is 0 Å². The van der Waals surface area contributed by atoms with Crippen LogP contribution in [0.2, 0.25) is 0 Å². The lowest BCUT2D eigenvalue weighted by Crippen LogP contribution is -2.42. The zero-order valence-corrected chi connectivity index (χ0v) is 11.4. The third-order valence-electron chi connectivity index (χ3n) is 2.83. The van der Waals surface area contributed by atoms with Crippen molar-refractivity contribution in [2.45, 2.75) is 19.4 Å². The molecule has 0 spiro atoms. The molecule has 0 aromatic heterocycles. The number of carbonyl (C=O) groups is 2. The molecule has 5 nitrogen and oxygen atoms in total. The van der Waals surface area contributed by atoms with Crippen molar-refractivity contribution in [1.82, 2.24) is 10.2 Å². The second kappa shape index (κ2) is 7.85. The van der Waals surface area contributed by atoms with Crippen molar-refractivity contribution in [3.63, 3.8) is 0 Å². The second-order valence-corrected chi connectivity index (χ2v) is 4.23. The highest BCUT2D eigenvalue weighted by atomic mass is 16.4. The molecule has 106 valence electrons. The summed E-state index contributed by atoms with van der Waals surface area (Å²) in [5, 5.41) is 11.7. The fourth-order valence-corrected chi connectivity index (χ4v) is 1.79. The van der Waals surface area contributed by atoms with Crippen molar-refractivity contribution >= 4 is 12.0 Å². The molecule has 0 aliphatic rings. The molecule has 0 saturated heterocycles. The number of amides is 2. The number of terminal acetylenes is 1. The molecule has 1 aromatic carbocycles. The fraction of sp³-hybridized carbons (Fsp3) is 0.333. The van der Waals surface area contributed by atoms with Gasteiger partial charge in [0.25, 0.3) is 0 Å². The molecule has 1 unspecified atom stereocenters. The van der Waals surface area contributed by atoms with Crippen LogP contribution in [-0.2, 0) is 4.79 Å².